The van der Waals surface area contributed by atoms with Crippen molar-refractivity contribution in [1.29, 1.82) is 0 Å². The monoisotopic (exact) mass is 378 g/mol. The van der Waals surface area contributed by atoms with Gasteiger partial charge in [0.2, 0.25) is 6.29 Å². The van der Waals surface area contributed by atoms with E-state index in [1.165, 1.54) is 0 Å². The summed E-state index contributed by atoms with van der Waals surface area (Å²) in [6.45, 7) is 13.5. The topological polar surface area (TPSA) is 54.0 Å². The van der Waals surface area contributed by atoms with Crippen LogP contribution in [-0.4, -0.2) is 31.6 Å². The number of benzene rings is 1. The van der Waals surface area contributed by atoms with Gasteiger partial charge in [-0.15, -0.1) is 0 Å². The van der Waals surface area contributed by atoms with Crippen molar-refractivity contribution in [3.63, 3.8) is 0 Å². The fourth-order valence-corrected chi connectivity index (χ4v) is 2.49. The number of carbonyl (C=O) groups excluding carboxylic acids is 1. The Morgan fingerprint density at radius 3 is 2.15 bits per heavy atom. The molecule has 1 heterocycles. The highest BCUT2D eigenvalue weighted by molar-refractivity contribution is 5.78. The van der Waals surface area contributed by atoms with Crippen molar-refractivity contribution in [2.75, 3.05) is 13.2 Å². The normalized spacial score (nSPS) is 17.4. The van der Waals surface area contributed by atoms with Crippen molar-refractivity contribution in [2.45, 2.75) is 73.2 Å². The minimum Gasteiger partial charge on any atom is -0.464 e. The maximum Gasteiger partial charge on any atom is 0.316 e. The molecule has 0 radical (unpaired) electrons. The van der Waals surface area contributed by atoms with Gasteiger partial charge in [0.25, 0.3) is 0 Å². The molecule has 0 aromatic heterocycles. The molecule has 1 atom stereocenters. The van der Waals surface area contributed by atoms with Crippen molar-refractivity contribution >= 4 is 5.97 Å². The fourth-order valence-electron chi connectivity index (χ4n) is 2.49. The third-order valence-corrected chi connectivity index (χ3v) is 4.91. The molecule has 1 aliphatic rings. The molecule has 5 heteroatoms. The Kier molecular flexibility index (Phi) is 7.29. The van der Waals surface area contributed by atoms with Crippen molar-refractivity contribution in [1.82, 2.24) is 0 Å². The molecule has 1 aromatic rings. The summed E-state index contributed by atoms with van der Waals surface area (Å²) in [7, 11) is 0. The summed E-state index contributed by atoms with van der Waals surface area (Å²) in [5, 5.41) is 0. The van der Waals surface area contributed by atoms with Gasteiger partial charge in [-0.05, 0) is 57.4 Å². The molecular formula is C22H34O5. The number of esters is 1. The minimum atomic E-state index is -0.496. The number of carbonyl (C=O) groups is 1. The van der Waals surface area contributed by atoms with E-state index >= 15 is 0 Å². The molecule has 2 rings (SSSR count). The fraction of sp³-hybridized carbons (Fsp3) is 0.682. The molecule has 1 aliphatic heterocycles. The van der Waals surface area contributed by atoms with Crippen molar-refractivity contribution in [2.24, 2.45) is 10.8 Å². The molecule has 1 aromatic carbocycles. The van der Waals surface area contributed by atoms with Crippen LogP contribution in [0.4, 0.5) is 0 Å². The second-order valence-corrected chi connectivity index (χ2v) is 8.86. The Balaban J connectivity index is 2.00. The summed E-state index contributed by atoms with van der Waals surface area (Å²) >= 11 is 0. The summed E-state index contributed by atoms with van der Waals surface area (Å²) in [5.41, 5.74) is -0.668. The first-order valence-electron chi connectivity index (χ1n) is 9.84. The molecule has 0 N–H and O–H groups in total. The van der Waals surface area contributed by atoms with Crippen LogP contribution in [0.15, 0.2) is 24.3 Å². The quantitative estimate of drug-likeness (QED) is 0.381. The number of hydrogen-bond donors (Lipinski definition) is 0. The molecule has 0 bridgehead atoms. The second-order valence-electron chi connectivity index (χ2n) is 8.86. The highest BCUT2D eigenvalue weighted by atomic mass is 16.7. The van der Waals surface area contributed by atoms with Gasteiger partial charge in [-0.2, -0.15) is 0 Å². The Hall–Kier alpha value is -1.59. The summed E-state index contributed by atoms with van der Waals surface area (Å²) < 4.78 is 23.2. The number of ether oxygens (including phenoxy) is 4. The molecular weight excluding hydrogens is 344 g/mol. The van der Waals surface area contributed by atoms with E-state index in [0.29, 0.717) is 11.5 Å². The van der Waals surface area contributed by atoms with Crippen LogP contribution in [-0.2, 0) is 14.3 Å². The van der Waals surface area contributed by atoms with E-state index in [-0.39, 0.29) is 23.8 Å². The SMILES string of the molecule is CCC(C)(C)C(=O)Oc1ccc(OC(OC2CCOCC2)C(C)(C)C)cc1. The molecule has 152 valence electrons. The first-order chi connectivity index (χ1) is 12.6. The first-order valence-corrected chi connectivity index (χ1v) is 9.84. The van der Waals surface area contributed by atoms with Gasteiger partial charge in [0.05, 0.1) is 11.5 Å². The minimum absolute atomic E-state index is 0.152. The molecule has 27 heavy (non-hydrogen) atoms. The van der Waals surface area contributed by atoms with E-state index in [1.54, 1.807) is 12.1 Å². The van der Waals surface area contributed by atoms with Crippen molar-refractivity contribution < 1.29 is 23.7 Å². The van der Waals surface area contributed by atoms with Gasteiger partial charge in [-0.1, -0.05) is 27.7 Å². The summed E-state index contributed by atoms with van der Waals surface area (Å²) in [4.78, 5) is 12.2. The van der Waals surface area contributed by atoms with E-state index in [1.807, 2.05) is 32.9 Å². The Morgan fingerprint density at radius 2 is 1.63 bits per heavy atom. The van der Waals surface area contributed by atoms with Gasteiger partial charge in [-0.3, -0.25) is 4.79 Å². The van der Waals surface area contributed by atoms with Gasteiger partial charge >= 0.3 is 5.97 Å². The van der Waals surface area contributed by atoms with E-state index in [9.17, 15) is 4.79 Å². The van der Waals surface area contributed by atoms with E-state index < -0.39 is 5.41 Å². The lowest BCUT2D eigenvalue weighted by Gasteiger charge is -2.35. The van der Waals surface area contributed by atoms with E-state index in [2.05, 4.69) is 20.8 Å². The van der Waals surface area contributed by atoms with Crippen LogP contribution in [0.1, 0.15) is 60.8 Å². The molecule has 1 unspecified atom stereocenters. The zero-order chi connectivity index (χ0) is 20.1. The van der Waals surface area contributed by atoms with Crippen LogP contribution in [0.2, 0.25) is 0 Å². The predicted octanol–water partition coefficient (Wildman–Crippen LogP) is 4.97. The van der Waals surface area contributed by atoms with E-state index in [4.69, 9.17) is 18.9 Å². The summed E-state index contributed by atoms with van der Waals surface area (Å²) in [6.07, 6.45) is 2.28. The van der Waals surface area contributed by atoms with Crippen molar-refractivity contribution in [3.05, 3.63) is 24.3 Å². The smallest absolute Gasteiger partial charge is 0.316 e. The molecule has 0 saturated carbocycles. The van der Waals surface area contributed by atoms with Gasteiger partial charge in [0.1, 0.15) is 11.5 Å². The number of rotatable bonds is 7. The van der Waals surface area contributed by atoms with Crippen LogP contribution in [0.25, 0.3) is 0 Å². The highest BCUT2D eigenvalue weighted by Gasteiger charge is 2.31. The molecule has 0 aliphatic carbocycles. The van der Waals surface area contributed by atoms with Gasteiger partial charge in [0.15, 0.2) is 0 Å². The maximum absolute atomic E-state index is 12.2. The molecule has 0 amide bonds. The van der Waals surface area contributed by atoms with Crippen LogP contribution < -0.4 is 9.47 Å². The van der Waals surface area contributed by atoms with Crippen molar-refractivity contribution in [3.8, 4) is 11.5 Å². The van der Waals surface area contributed by atoms with Crippen LogP contribution in [0, 0.1) is 10.8 Å². The first kappa shape index (κ1) is 21.7. The lowest BCUT2D eigenvalue weighted by molar-refractivity contribution is -0.186. The molecule has 5 nitrogen and oxygen atoms in total. The molecule has 1 saturated heterocycles. The maximum atomic E-state index is 12.2. The van der Waals surface area contributed by atoms with E-state index in [0.717, 1.165) is 32.5 Å². The van der Waals surface area contributed by atoms with Gasteiger partial charge < -0.3 is 18.9 Å². The Morgan fingerprint density at radius 1 is 1.07 bits per heavy atom. The van der Waals surface area contributed by atoms with Gasteiger partial charge in [0, 0.05) is 18.6 Å². The largest absolute Gasteiger partial charge is 0.464 e. The average Bonchev–Trinajstić information content (AvgIpc) is 2.62. The zero-order valence-corrected chi connectivity index (χ0v) is 17.5. The lowest BCUT2D eigenvalue weighted by Crippen LogP contribution is -2.39. The third-order valence-electron chi connectivity index (χ3n) is 4.91. The number of hydrogen-bond acceptors (Lipinski definition) is 5. The zero-order valence-electron chi connectivity index (χ0n) is 17.5. The van der Waals surface area contributed by atoms with Crippen LogP contribution in [0.3, 0.4) is 0 Å². The lowest BCUT2D eigenvalue weighted by atomic mass is 9.91. The summed E-state index contributed by atoms with van der Waals surface area (Å²) in [6, 6.07) is 7.14. The third kappa shape index (κ3) is 6.51. The highest BCUT2D eigenvalue weighted by Crippen LogP contribution is 2.30. The van der Waals surface area contributed by atoms with Gasteiger partial charge in [-0.25, -0.2) is 0 Å². The molecule has 0 spiro atoms. The standard InChI is InChI=1S/C22H34O5/c1-7-22(5,6)19(23)25-16-8-10-17(11-9-16)26-20(21(2,3)4)27-18-12-14-24-15-13-18/h8-11,18,20H,7,12-15H2,1-6H3. The molecule has 1 fully saturated rings. The Bertz CT molecular complexity index is 594. The average molecular weight is 379 g/mol. The Labute approximate surface area is 163 Å². The second kappa shape index (κ2) is 9.07. The van der Waals surface area contributed by atoms with Crippen LogP contribution in [0.5, 0.6) is 11.5 Å². The summed E-state index contributed by atoms with van der Waals surface area (Å²) in [5.74, 6) is 0.983. The van der Waals surface area contributed by atoms with Crippen LogP contribution >= 0.6 is 0 Å². The predicted molar refractivity (Wildman–Crippen MR) is 105 cm³/mol.